The van der Waals surface area contributed by atoms with Crippen LogP contribution in [0.2, 0.25) is 0 Å². The van der Waals surface area contributed by atoms with Crippen LogP contribution in [0.5, 0.6) is 0 Å². The molecular formula is C13H12N3O2Y-. The van der Waals surface area contributed by atoms with E-state index in [9.17, 15) is 9.59 Å². The summed E-state index contributed by atoms with van der Waals surface area (Å²) in [5.74, 6) is -0.492. The Morgan fingerprint density at radius 2 is 2.16 bits per heavy atom. The van der Waals surface area contributed by atoms with Crippen LogP contribution in [-0.4, -0.2) is 21.9 Å². The Bertz CT molecular complexity index is 607. The number of aromatic amines is 1. The molecule has 1 amide bonds. The first kappa shape index (κ1) is 15.7. The third-order valence-electron chi connectivity index (χ3n) is 2.53. The number of hydrogen-bond acceptors (Lipinski definition) is 3. The second-order valence-electron chi connectivity index (χ2n) is 3.90. The molecule has 0 saturated heterocycles. The van der Waals surface area contributed by atoms with Crippen molar-refractivity contribution in [1.82, 2.24) is 10.2 Å². The first-order valence-electron chi connectivity index (χ1n) is 5.42. The van der Waals surface area contributed by atoms with Gasteiger partial charge in [0.1, 0.15) is 5.69 Å². The Morgan fingerprint density at radius 1 is 1.42 bits per heavy atom. The van der Waals surface area contributed by atoms with Gasteiger partial charge in [0.25, 0.3) is 0 Å². The van der Waals surface area contributed by atoms with E-state index in [0.717, 1.165) is 5.56 Å². The number of aromatic nitrogens is 2. The van der Waals surface area contributed by atoms with Crippen LogP contribution < -0.4 is 5.32 Å². The molecule has 0 aliphatic rings. The second kappa shape index (κ2) is 6.73. The number of anilines is 1. The van der Waals surface area contributed by atoms with Gasteiger partial charge in [0.15, 0.2) is 11.7 Å². The van der Waals surface area contributed by atoms with Crippen LogP contribution in [0.15, 0.2) is 24.4 Å². The van der Waals surface area contributed by atoms with E-state index in [2.05, 4.69) is 21.6 Å². The maximum absolute atomic E-state index is 12.0. The van der Waals surface area contributed by atoms with E-state index in [4.69, 9.17) is 0 Å². The summed E-state index contributed by atoms with van der Waals surface area (Å²) in [6.07, 6.45) is 1.41. The van der Waals surface area contributed by atoms with Crippen molar-refractivity contribution in [2.24, 2.45) is 0 Å². The van der Waals surface area contributed by atoms with Crippen LogP contribution in [0.4, 0.5) is 5.69 Å². The zero-order chi connectivity index (χ0) is 13.1. The average Bonchev–Trinajstić information content (AvgIpc) is 2.77. The van der Waals surface area contributed by atoms with Crippen LogP contribution in [-0.2, 0) is 32.7 Å². The van der Waals surface area contributed by atoms with Gasteiger partial charge in [-0.3, -0.25) is 9.89 Å². The van der Waals surface area contributed by atoms with Gasteiger partial charge in [-0.1, -0.05) is 12.5 Å². The van der Waals surface area contributed by atoms with Gasteiger partial charge in [-0.25, -0.2) is 0 Å². The van der Waals surface area contributed by atoms with Crippen LogP contribution in [0, 0.1) is 13.0 Å². The molecule has 2 rings (SSSR count). The topological polar surface area (TPSA) is 74.8 Å². The number of carbonyl (C=O) groups excluding carboxylic acids is 2. The minimum Gasteiger partial charge on any atom is -0.359 e. The molecule has 1 aromatic carbocycles. The molecule has 19 heavy (non-hydrogen) atoms. The molecule has 0 fully saturated rings. The maximum Gasteiger partial charge on any atom is 0.179 e. The monoisotopic (exact) mass is 331 g/mol. The van der Waals surface area contributed by atoms with Crippen molar-refractivity contribution < 1.29 is 42.3 Å². The van der Waals surface area contributed by atoms with Crippen molar-refractivity contribution in [3.8, 4) is 0 Å². The number of benzene rings is 1. The zero-order valence-corrected chi connectivity index (χ0v) is 13.5. The molecule has 0 saturated carbocycles. The first-order chi connectivity index (χ1) is 8.59. The fourth-order valence-corrected chi connectivity index (χ4v) is 1.60. The molecule has 1 radical (unpaired) electrons. The molecule has 0 aliphatic heterocycles. The number of nitrogens with one attached hydrogen (secondary N) is 2. The van der Waals surface area contributed by atoms with Crippen molar-refractivity contribution in [2.45, 2.75) is 13.8 Å². The van der Waals surface area contributed by atoms with Crippen molar-refractivity contribution >= 4 is 17.4 Å². The van der Waals surface area contributed by atoms with Gasteiger partial charge >= 0.3 is 0 Å². The van der Waals surface area contributed by atoms with Crippen molar-refractivity contribution in [3.05, 3.63) is 47.3 Å². The normalized spacial score (nSPS) is 9.58. The number of nitrogens with zero attached hydrogens (tertiary/aromatic N) is 1. The van der Waals surface area contributed by atoms with E-state index in [1.807, 2.05) is 19.1 Å². The largest absolute Gasteiger partial charge is 0.359 e. The maximum atomic E-state index is 12.0. The minimum absolute atomic E-state index is 0. The first-order valence-corrected chi connectivity index (χ1v) is 5.42. The number of ketones is 1. The summed E-state index contributed by atoms with van der Waals surface area (Å²) in [6.45, 7) is 3.23. The summed E-state index contributed by atoms with van der Waals surface area (Å²) in [6, 6.07) is 8.18. The van der Waals surface area contributed by atoms with Gasteiger partial charge in [0.05, 0.1) is 11.9 Å². The van der Waals surface area contributed by atoms with Gasteiger partial charge in [-0.15, -0.1) is 29.8 Å². The molecular weight excluding hydrogens is 319 g/mol. The Balaban J connectivity index is 0.00000180. The molecule has 5 nitrogen and oxygen atoms in total. The molecule has 0 spiro atoms. The number of amides is 1. The Labute approximate surface area is 136 Å². The number of rotatable bonds is 3. The molecule has 0 atom stereocenters. The van der Waals surface area contributed by atoms with Crippen molar-refractivity contribution in [2.75, 3.05) is 5.32 Å². The summed E-state index contributed by atoms with van der Waals surface area (Å²) in [5.41, 5.74) is 1.94. The number of hydrogen-bond donors (Lipinski definition) is 2. The summed E-state index contributed by atoms with van der Waals surface area (Å²) in [5, 5.41) is 8.94. The second-order valence-corrected chi connectivity index (χ2v) is 3.90. The van der Waals surface area contributed by atoms with E-state index in [1.54, 1.807) is 6.07 Å². The minimum atomic E-state index is -0.308. The number of H-pyrrole nitrogens is 1. The zero-order valence-electron chi connectivity index (χ0n) is 10.7. The quantitative estimate of drug-likeness (QED) is 0.667. The molecule has 6 heteroatoms. The molecule has 0 bridgehead atoms. The molecule has 0 aliphatic carbocycles. The standard InChI is InChI=1S/C13H12N3O2.Y/c1-8-5-3-4-6-10(8)13(18)15-11-7-14-16-12(11)9(2)17;/h3-5,7H,1-2H3,(H,14,16)(H,15,18);/q-1;. The Hall–Kier alpha value is -1.33. The third-order valence-corrected chi connectivity index (χ3v) is 2.53. The molecule has 1 aromatic heterocycles. The van der Waals surface area contributed by atoms with Gasteiger partial charge in [-0.05, 0) is 0 Å². The smallest absolute Gasteiger partial charge is 0.179 e. The van der Waals surface area contributed by atoms with Crippen LogP contribution >= 0.6 is 0 Å². The van der Waals surface area contributed by atoms with Gasteiger partial charge in [0, 0.05) is 39.6 Å². The Morgan fingerprint density at radius 3 is 2.79 bits per heavy atom. The number of carbonyl (C=O) groups is 2. The van der Waals surface area contributed by atoms with Crippen LogP contribution in [0.25, 0.3) is 0 Å². The summed E-state index contributed by atoms with van der Waals surface area (Å²) >= 11 is 0. The van der Waals surface area contributed by atoms with Gasteiger partial charge < -0.3 is 10.1 Å². The molecule has 0 unspecified atom stereocenters. The number of Topliss-reactive ketones (excluding diaryl/α,β-unsaturated/α-hetero) is 1. The van der Waals surface area contributed by atoms with E-state index in [0.29, 0.717) is 11.3 Å². The molecule has 2 N–H and O–H groups in total. The predicted octanol–water partition coefficient (Wildman–Crippen LogP) is 1.97. The van der Waals surface area contributed by atoms with Crippen molar-refractivity contribution in [3.63, 3.8) is 0 Å². The van der Waals surface area contributed by atoms with Crippen LogP contribution in [0.3, 0.4) is 0 Å². The fourth-order valence-electron chi connectivity index (χ4n) is 1.60. The molecule has 1 heterocycles. The summed E-state index contributed by atoms with van der Waals surface area (Å²) in [4.78, 5) is 23.3. The SMILES string of the molecule is CC(=O)c1[nH]ncc1NC(=O)c1[c-]cccc1C.[Y]. The van der Waals surface area contributed by atoms with E-state index < -0.39 is 0 Å². The van der Waals surface area contributed by atoms with E-state index in [1.165, 1.54) is 13.1 Å². The van der Waals surface area contributed by atoms with E-state index in [-0.39, 0.29) is 50.1 Å². The average molecular weight is 331 g/mol. The van der Waals surface area contributed by atoms with Gasteiger partial charge in [0.2, 0.25) is 0 Å². The fraction of sp³-hybridized carbons (Fsp3) is 0.154. The summed E-state index contributed by atoms with van der Waals surface area (Å²) < 4.78 is 0. The number of aryl methyl sites for hydroxylation is 1. The predicted molar refractivity (Wildman–Crippen MR) is 66.6 cm³/mol. The Kier molecular flexibility index (Phi) is 5.57. The van der Waals surface area contributed by atoms with Crippen LogP contribution in [0.1, 0.15) is 33.3 Å². The third kappa shape index (κ3) is 3.58. The van der Waals surface area contributed by atoms with Gasteiger partial charge in [-0.2, -0.15) is 5.10 Å². The van der Waals surface area contributed by atoms with Crippen molar-refractivity contribution in [1.29, 1.82) is 0 Å². The van der Waals surface area contributed by atoms with E-state index >= 15 is 0 Å². The molecule has 95 valence electrons. The summed E-state index contributed by atoms with van der Waals surface area (Å²) in [7, 11) is 0. The molecule has 2 aromatic rings.